The molecule has 1 fully saturated rings. The highest BCUT2D eigenvalue weighted by Crippen LogP contribution is 2.33. The monoisotopic (exact) mass is 266 g/mol. The van der Waals surface area contributed by atoms with Crippen LogP contribution in [0.4, 0.5) is 5.69 Å². The van der Waals surface area contributed by atoms with Gasteiger partial charge in [-0.05, 0) is 42.7 Å². The van der Waals surface area contributed by atoms with Gasteiger partial charge in [0.2, 0.25) is 0 Å². The van der Waals surface area contributed by atoms with E-state index in [1.807, 2.05) is 59.5 Å². The molecule has 102 valence electrons. The summed E-state index contributed by atoms with van der Waals surface area (Å²) in [5.41, 5.74) is 8.39. The number of amides is 1. The molecule has 3 heteroatoms. The predicted octanol–water partition coefficient (Wildman–Crippen LogP) is 2.95. The zero-order valence-electron chi connectivity index (χ0n) is 11.3. The van der Waals surface area contributed by atoms with E-state index in [-0.39, 0.29) is 5.91 Å². The first-order chi connectivity index (χ1) is 9.79. The Morgan fingerprint density at radius 3 is 2.25 bits per heavy atom. The lowest BCUT2D eigenvalue weighted by molar-refractivity contribution is 0.0985. The summed E-state index contributed by atoms with van der Waals surface area (Å²) < 4.78 is 0. The lowest BCUT2D eigenvalue weighted by Crippen LogP contribution is -2.33. The maximum Gasteiger partial charge on any atom is 0.258 e. The second-order valence-corrected chi connectivity index (χ2v) is 5.14. The third-order valence-corrected chi connectivity index (χ3v) is 3.60. The Morgan fingerprint density at radius 2 is 1.70 bits per heavy atom. The SMILES string of the molecule is NCc1ccc(N(C(=O)c2ccccc2)C2CC2)cc1. The highest BCUT2D eigenvalue weighted by Gasteiger charge is 2.34. The van der Waals surface area contributed by atoms with Gasteiger partial charge in [-0.2, -0.15) is 0 Å². The van der Waals surface area contributed by atoms with Gasteiger partial charge in [0, 0.05) is 23.8 Å². The van der Waals surface area contributed by atoms with Gasteiger partial charge in [0.25, 0.3) is 5.91 Å². The number of nitrogens with two attached hydrogens (primary N) is 1. The van der Waals surface area contributed by atoms with Crippen molar-refractivity contribution in [3.63, 3.8) is 0 Å². The molecule has 2 aromatic carbocycles. The second-order valence-electron chi connectivity index (χ2n) is 5.14. The van der Waals surface area contributed by atoms with Crippen LogP contribution in [-0.4, -0.2) is 11.9 Å². The standard InChI is InChI=1S/C17H18N2O/c18-12-13-6-8-15(9-7-13)19(16-10-11-16)17(20)14-4-2-1-3-5-14/h1-9,16H,10-12,18H2. The number of nitrogens with zero attached hydrogens (tertiary/aromatic N) is 1. The fourth-order valence-corrected chi connectivity index (χ4v) is 2.34. The van der Waals surface area contributed by atoms with Gasteiger partial charge in [0.1, 0.15) is 0 Å². The number of hydrogen-bond donors (Lipinski definition) is 1. The summed E-state index contributed by atoms with van der Waals surface area (Å²) in [4.78, 5) is 14.6. The van der Waals surface area contributed by atoms with Crippen molar-refractivity contribution in [3.8, 4) is 0 Å². The first-order valence-corrected chi connectivity index (χ1v) is 6.97. The van der Waals surface area contributed by atoms with Crippen molar-refractivity contribution in [2.45, 2.75) is 25.4 Å². The lowest BCUT2D eigenvalue weighted by atomic mass is 10.1. The molecular weight excluding hydrogens is 248 g/mol. The fourth-order valence-electron chi connectivity index (χ4n) is 2.34. The Labute approximate surface area is 119 Å². The molecule has 3 nitrogen and oxygen atoms in total. The van der Waals surface area contributed by atoms with Gasteiger partial charge in [0.15, 0.2) is 0 Å². The average molecular weight is 266 g/mol. The van der Waals surface area contributed by atoms with Crippen LogP contribution >= 0.6 is 0 Å². The number of benzene rings is 2. The Hall–Kier alpha value is -2.13. The van der Waals surface area contributed by atoms with Crippen molar-refractivity contribution in [2.24, 2.45) is 5.73 Å². The van der Waals surface area contributed by atoms with Crippen LogP contribution in [0.5, 0.6) is 0 Å². The van der Waals surface area contributed by atoms with Crippen molar-refractivity contribution in [1.29, 1.82) is 0 Å². The Bertz CT molecular complexity index is 588. The molecule has 2 aromatic rings. The average Bonchev–Trinajstić information content (AvgIpc) is 3.34. The molecule has 1 saturated carbocycles. The topological polar surface area (TPSA) is 46.3 Å². The molecule has 1 aliphatic carbocycles. The number of hydrogen-bond acceptors (Lipinski definition) is 2. The molecule has 2 N–H and O–H groups in total. The Morgan fingerprint density at radius 1 is 1.05 bits per heavy atom. The molecule has 0 atom stereocenters. The first-order valence-electron chi connectivity index (χ1n) is 6.97. The normalized spacial score (nSPS) is 14.1. The molecule has 1 amide bonds. The maximum atomic E-state index is 12.7. The summed E-state index contributed by atoms with van der Waals surface area (Å²) in [5.74, 6) is 0.0774. The predicted molar refractivity (Wildman–Crippen MR) is 80.6 cm³/mol. The highest BCUT2D eigenvalue weighted by atomic mass is 16.2. The second kappa shape index (κ2) is 5.47. The molecule has 0 unspecified atom stereocenters. The van der Waals surface area contributed by atoms with Crippen LogP contribution in [0.3, 0.4) is 0 Å². The number of carbonyl (C=O) groups is 1. The molecular formula is C17H18N2O. The molecule has 0 radical (unpaired) electrons. The minimum atomic E-state index is 0.0774. The van der Waals surface area contributed by atoms with E-state index in [2.05, 4.69) is 0 Å². The van der Waals surface area contributed by atoms with E-state index in [1.165, 1.54) is 0 Å². The van der Waals surface area contributed by atoms with Crippen molar-refractivity contribution in [1.82, 2.24) is 0 Å². The molecule has 0 aromatic heterocycles. The minimum Gasteiger partial charge on any atom is -0.326 e. The molecule has 0 aliphatic heterocycles. The maximum absolute atomic E-state index is 12.7. The molecule has 3 rings (SSSR count). The summed E-state index contributed by atoms with van der Waals surface area (Å²) in [7, 11) is 0. The van der Waals surface area contributed by atoms with Crippen molar-refractivity contribution in [3.05, 3.63) is 65.7 Å². The van der Waals surface area contributed by atoms with Gasteiger partial charge in [-0.1, -0.05) is 30.3 Å². The van der Waals surface area contributed by atoms with Crippen LogP contribution in [0, 0.1) is 0 Å². The van der Waals surface area contributed by atoms with Crippen LogP contribution in [0.2, 0.25) is 0 Å². The third kappa shape index (κ3) is 2.58. The van der Waals surface area contributed by atoms with E-state index < -0.39 is 0 Å². The van der Waals surface area contributed by atoms with E-state index in [0.29, 0.717) is 12.6 Å². The largest absolute Gasteiger partial charge is 0.326 e. The zero-order valence-corrected chi connectivity index (χ0v) is 11.3. The van der Waals surface area contributed by atoms with Crippen molar-refractivity contribution < 1.29 is 4.79 Å². The molecule has 0 heterocycles. The van der Waals surface area contributed by atoms with Crippen LogP contribution in [-0.2, 0) is 6.54 Å². The van der Waals surface area contributed by atoms with E-state index >= 15 is 0 Å². The van der Waals surface area contributed by atoms with Crippen LogP contribution in [0.15, 0.2) is 54.6 Å². The Kier molecular flexibility index (Phi) is 3.52. The fraction of sp³-hybridized carbons (Fsp3) is 0.235. The van der Waals surface area contributed by atoms with Gasteiger partial charge in [-0.15, -0.1) is 0 Å². The smallest absolute Gasteiger partial charge is 0.258 e. The quantitative estimate of drug-likeness (QED) is 0.924. The van der Waals surface area contributed by atoms with Crippen LogP contribution in [0.1, 0.15) is 28.8 Å². The van der Waals surface area contributed by atoms with Gasteiger partial charge in [0.05, 0.1) is 0 Å². The summed E-state index contributed by atoms with van der Waals surface area (Å²) in [6, 6.07) is 17.7. The summed E-state index contributed by atoms with van der Waals surface area (Å²) in [6.07, 6.45) is 2.16. The molecule has 0 spiro atoms. The molecule has 1 aliphatic rings. The first kappa shape index (κ1) is 12.9. The molecule has 20 heavy (non-hydrogen) atoms. The number of rotatable bonds is 4. The van der Waals surface area contributed by atoms with Gasteiger partial charge >= 0.3 is 0 Å². The minimum absolute atomic E-state index is 0.0774. The van der Waals surface area contributed by atoms with Crippen molar-refractivity contribution >= 4 is 11.6 Å². The highest BCUT2D eigenvalue weighted by molar-refractivity contribution is 6.06. The van der Waals surface area contributed by atoms with E-state index in [4.69, 9.17) is 5.73 Å². The Balaban J connectivity index is 1.90. The van der Waals surface area contributed by atoms with Crippen LogP contribution in [0.25, 0.3) is 0 Å². The summed E-state index contributed by atoms with van der Waals surface area (Å²) >= 11 is 0. The molecule has 0 saturated heterocycles. The van der Waals surface area contributed by atoms with Gasteiger partial charge in [-0.3, -0.25) is 4.79 Å². The zero-order chi connectivity index (χ0) is 13.9. The van der Waals surface area contributed by atoms with E-state index in [9.17, 15) is 4.79 Å². The summed E-state index contributed by atoms with van der Waals surface area (Å²) in [5, 5.41) is 0. The summed E-state index contributed by atoms with van der Waals surface area (Å²) in [6.45, 7) is 0.524. The third-order valence-electron chi connectivity index (χ3n) is 3.60. The molecule has 0 bridgehead atoms. The van der Waals surface area contributed by atoms with Crippen molar-refractivity contribution in [2.75, 3.05) is 4.90 Å². The van der Waals surface area contributed by atoms with Gasteiger partial charge < -0.3 is 10.6 Å². The van der Waals surface area contributed by atoms with Crippen LogP contribution < -0.4 is 10.6 Å². The number of carbonyl (C=O) groups excluding carboxylic acids is 1. The van der Waals surface area contributed by atoms with Gasteiger partial charge in [-0.25, -0.2) is 0 Å². The van der Waals surface area contributed by atoms with E-state index in [1.54, 1.807) is 0 Å². The lowest BCUT2D eigenvalue weighted by Gasteiger charge is -2.23. The van der Waals surface area contributed by atoms with E-state index in [0.717, 1.165) is 29.7 Å². The number of anilines is 1.